The molecule has 0 unspecified atom stereocenters. The number of nitrogens with zero attached hydrogens (tertiary/aromatic N) is 2. The van der Waals surface area contributed by atoms with Crippen molar-refractivity contribution in [1.82, 2.24) is 9.78 Å². The molecule has 0 saturated heterocycles. The van der Waals surface area contributed by atoms with E-state index in [4.69, 9.17) is 4.74 Å². The fourth-order valence-corrected chi connectivity index (χ4v) is 2.93. The Morgan fingerprint density at radius 1 is 1.14 bits per heavy atom. The zero-order valence-electron chi connectivity index (χ0n) is 16.4. The first-order valence-corrected chi connectivity index (χ1v) is 9.45. The van der Waals surface area contributed by atoms with Crippen molar-refractivity contribution in [3.63, 3.8) is 0 Å². The van der Waals surface area contributed by atoms with Crippen LogP contribution in [0, 0.1) is 0 Å². The molecule has 2 aromatic carbocycles. The first kappa shape index (κ1) is 20.5. The number of alkyl halides is 2. The molecule has 5 nitrogen and oxygen atoms in total. The first-order valence-electron chi connectivity index (χ1n) is 9.45. The van der Waals surface area contributed by atoms with Crippen molar-refractivity contribution in [1.29, 1.82) is 0 Å². The van der Waals surface area contributed by atoms with Gasteiger partial charge >= 0.3 is 5.97 Å². The normalized spacial score (nSPS) is 11.3. The van der Waals surface area contributed by atoms with Crippen LogP contribution in [0.15, 0.2) is 60.9 Å². The lowest BCUT2D eigenvalue weighted by molar-refractivity contribution is -0.144. The lowest BCUT2D eigenvalue weighted by Crippen LogP contribution is -2.13. The number of rotatable bonds is 8. The molecule has 0 aliphatic carbocycles. The van der Waals surface area contributed by atoms with Gasteiger partial charge in [0.2, 0.25) is 0 Å². The SMILES string of the molecule is CCOC(=O)Cn1cc(-c2ccccc2Nc2ccc(C(F)(F)CC)cc2)cn1. The largest absolute Gasteiger partial charge is 0.465 e. The third-order valence-electron chi connectivity index (χ3n) is 4.50. The van der Waals surface area contributed by atoms with Crippen molar-refractivity contribution in [3.8, 4) is 11.1 Å². The minimum atomic E-state index is -2.83. The Hall–Kier alpha value is -3.22. The number of hydrogen-bond donors (Lipinski definition) is 1. The van der Waals surface area contributed by atoms with E-state index >= 15 is 0 Å². The fourth-order valence-electron chi connectivity index (χ4n) is 2.93. The molecule has 0 spiro atoms. The molecule has 29 heavy (non-hydrogen) atoms. The van der Waals surface area contributed by atoms with Crippen LogP contribution in [0.2, 0.25) is 0 Å². The van der Waals surface area contributed by atoms with Gasteiger partial charge in [0.05, 0.1) is 12.8 Å². The van der Waals surface area contributed by atoms with Crippen LogP contribution in [-0.4, -0.2) is 22.4 Å². The van der Waals surface area contributed by atoms with Gasteiger partial charge < -0.3 is 10.1 Å². The standard InChI is InChI=1S/C22H23F2N3O2/c1-3-22(23,24)17-9-11-18(12-10-17)26-20-8-6-5-7-19(20)16-13-25-27(14-16)15-21(28)29-4-2/h5-14,26H,3-4,15H2,1-2H3. The zero-order chi connectivity index (χ0) is 20.9. The molecule has 0 aliphatic rings. The van der Waals surface area contributed by atoms with Gasteiger partial charge in [-0.15, -0.1) is 0 Å². The van der Waals surface area contributed by atoms with Gasteiger partial charge in [-0.3, -0.25) is 9.48 Å². The third kappa shape index (κ3) is 4.99. The summed E-state index contributed by atoms with van der Waals surface area (Å²) < 4.78 is 34.1. The van der Waals surface area contributed by atoms with Crippen LogP contribution in [0.4, 0.5) is 20.2 Å². The molecule has 0 fully saturated rings. The second-order valence-electron chi connectivity index (χ2n) is 6.54. The van der Waals surface area contributed by atoms with Crippen LogP contribution in [0.3, 0.4) is 0 Å². The van der Waals surface area contributed by atoms with Gasteiger partial charge in [-0.05, 0) is 25.1 Å². The highest BCUT2D eigenvalue weighted by molar-refractivity contribution is 5.80. The van der Waals surface area contributed by atoms with E-state index in [9.17, 15) is 13.6 Å². The molecule has 0 radical (unpaired) electrons. The second-order valence-corrected chi connectivity index (χ2v) is 6.54. The predicted octanol–water partition coefficient (Wildman–Crippen LogP) is 5.36. The van der Waals surface area contributed by atoms with Gasteiger partial charge in [0.25, 0.3) is 5.92 Å². The Morgan fingerprint density at radius 3 is 2.55 bits per heavy atom. The maximum Gasteiger partial charge on any atom is 0.327 e. The van der Waals surface area contributed by atoms with Crippen molar-refractivity contribution < 1.29 is 18.3 Å². The van der Waals surface area contributed by atoms with E-state index in [0.29, 0.717) is 12.3 Å². The first-order chi connectivity index (χ1) is 13.9. The number of benzene rings is 2. The average Bonchev–Trinajstić information content (AvgIpc) is 3.17. The predicted molar refractivity (Wildman–Crippen MR) is 108 cm³/mol. The zero-order valence-corrected chi connectivity index (χ0v) is 16.4. The van der Waals surface area contributed by atoms with Crippen molar-refractivity contribution in [2.75, 3.05) is 11.9 Å². The Bertz CT molecular complexity index is 968. The molecular weight excluding hydrogens is 376 g/mol. The summed E-state index contributed by atoms with van der Waals surface area (Å²) in [5.41, 5.74) is 3.21. The molecule has 7 heteroatoms. The van der Waals surface area contributed by atoms with E-state index in [1.54, 1.807) is 31.5 Å². The summed E-state index contributed by atoms with van der Waals surface area (Å²) in [6.07, 6.45) is 3.20. The van der Waals surface area contributed by atoms with E-state index < -0.39 is 5.92 Å². The molecule has 1 aromatic heterocycles. The van der Waals surface area contributed by atoms with E-state index in [-0.39, 0.29) is 24.5 Å². The van der Waals surface area contributed by atoms with Gasteiger partial charge in [0.15, 0.2) is 0 Å². The summed E-state index contributed by atoms with van der Waals surface area (Å²) in [6, 6.07) is 13.8. The third-order valence-corrected chi connectivity index (χ3v) is 4.50. The monoisotopic (exact) mass is 399 g/mol. The van der Waals surface area contributed by atoms with Crippen molar-refractivity contribution in [2.24, 2.45) is 0 Å². The molecule has 3 aromatic rings. The van der Waals surface area contributed by atoms with E-state index in [0.717, 1.165) is 16.8 Å². The number of aromatic nitrogens is 2. The van der Waals surface area contributed by atoms with Gasteiger partial charge in [-0.2, -0.15) is 5.10 Å². The van der Waals surface area contributed by atoms with E-state index in [2.05, 4.69) is 10.4 Å². The smallest absolute Gasteiger partial charge is 0.327 e. The van der Waals surface area contributed by atoms with Gasteiger partial charge in [0, 0.05) is 40.7 Å². The number of carbonyl (C=O) groups is 1. The van der Waals surface area contributed by atoms with Gasteiger partial charge in [-0.1, -0.05) is 37.3 Å². The van der Waals surface area contributed by atoms with E-state index in [1.165, 1.54) is 23.7 Å². The molecule has 152 valence electrons. The average molecular weight is 399 g/mol. The number of nitrogens with one attached hydrogen (secondary N) is 1. The van der Waals surface area contributed by atoms with Crippen LogP contribution in [0.1, 0.15) is 25.8 Å². The highest BCUT2D eigenvalue weighted by Gasteiger charge is 2.28. The van der Waals surface area contributed by atoms with Crippen LogP contribution >= 0.6 is 0 Å². The van der Waals surface area contributed by atoms with Crippen LogP contribution in [-0.2, 0) is 22.0 Å². The maximum absolute atomic E-state index is 13.8. The summed E-state index contributed by atoms with van der Waals surface area (Å²) in [5, 5.41) is 7.48. The quantitative estimate of drug-likeness (QED) is 0.518. The molecule has 3 rings (SSSR count). The molecule has 1 N–H and O–H groups in total. The highest BCUT2D eigenvalue weighted by atomic mass is 19.3. The number of carbonyl (C=O) groups excluding carboxylic acids is 1. The van der Waals surface area contributed by atoms with E-state index in [1.807, 2.05) is 24.3 Å². The Balaban J connectivity index is 1.79. The Labute approximate surface area is 168 Å². The summed E-state index contributed by atoms with van der Waals surface area (Å²) in [7, 11) is 0. The molecule has 0 atom stereocenters. The summed E-state index contributed by atoms with van der Waals surface area (Å²) >= 11 is 0. The number of halogens is 2. The number of anilines is 2. The summed E-state index contributed by atoms with van der Waals surface area (Å²) in [6.45, 7) is 3.58. The minimum absolute atomic E-state index is 0.000855. The van der Waals surface area contributed by atoms with Gasteiger partial charge in [0.1, 0.15) is 6.54 Å². The van der Waals surface area contributed by atoms with Crippen molar-refractivity contribution >= 4 is 17.3 Å². The number of hydrogen-bond acceptors (Lipinski definition) is 4. The Kier molecular flexibility index (Phi) is 6.26. The highest BCUT2D eigenvalue weighted by Crippen LogP contribution is 2.33. The number of ether oxygens (including phenoxy) is 1. The summed E-state index contributed by atoms with van der Waals surface area (Å²) in [5.74, 6) is -3.18. The van der Waals surface area contributed by atoms with Crippen LogP contribution < -0.4 is 5.32 Å². The topological polar surface area (TPSA) is 56.1 Å². The molecule has 0 saturated carbocycles. The van der Waals surface area contributed by atoms with Gasteiger partial charge in [-0.25, -0.2) is 8.78 Å². The number of para-hydroxylation sites is 1. The second kappa shape index (κ2) is 8.86. The Morgan fingerprint density at radius 2 is 1.86 bits per heavy atom. The lowest BCUT2D eigenvalue weighted by atomic mass is 10.0. The lowest BCUT2D eigenvalue weighted by Gasteiger charge is -2.16. The summed E-state index contributed by atoms with van der Waals surface area (Å²) in [4.78, 5) is 11.6. The molecule has 0 bridgehead atoms. The van der Waals surface area contributed by atoms with Crippen molar-refractivity contribution in [2.45, 2.75) is 32.7 Å². The molecule has 0 aliphatic heterocycles. The molecule has 1 heterocycles. The van der Waals surface area contributed by atoms with Crippen LogP contribution in [0.25, 0.3) is 11.1 Å². The van der Waals surface area contributed by atoms with Crippen LogP contribution in [0.5, 0.6) is 0 Å². The number of esters is 1. The van der Waals surface area contributed by atoms with Crippen molar-refractivity contribution in [3.05, 3.63) is 66.5 Å². The molecular formula is C22H23F2N3O2. The minimum Gasteiger partial charge on any atom is -0.465 e. The maximum atomic E-state index is 13.8. The fraction of sp³-hybridized carbons (Fsp3) is 0.273. The molecule has 0 amide bonds.